The topological polar surface area (TPSA) is 41.6 Å². The van der Waals surface area contributed by atoms with Crippen LogP contribution in [0, 0.1) is 18.3 Å². The fourth-order valence-electron chi connectivity index (χ4n) is 1.52. The Morgan fingerprint density at radius 3 is 2.80 bits per heavy atom. The first-order valence-corrected chi connectivity index (χ1v) is 4.79. The second-order valence-corrected chi connectivity index (χ2v) is 3.37. The second-order valence-electron chi connectivity index (χ2n) is 3.37. The molecule has 0 spiro atoms. The molecule has 0 unspecified atom stereocenters. The lowest BCUT2D eigenvalue weighted by molar-refractivity contribution is 0.852. The molecule has 0 saturated carbocycles. The molecule has 2 aromatic rings. The lowest BCUT2D eigenvalue weighted by atomic mass is 10.1. The molecule has 1 aromatic carbocycles. The molecule has 1 aromatic heterocycles. The molecule has 1 heterocycles. The predicted octanol–water partition coefficient (Wildman–Crippen LogP) is 2.25. The van der Waals surface area contributed by atoms with Crippen molar-refractivity contribution < 1.29 is 0 Å². The quantitative estimate of drug-likeness (QED) is 0.740. The van der Waals surface area contributed by atoms with Crippen LogP contribution in [0.4, 0.5) is 0 Å². The van der Waals surface area contributed by atoms with Gasteiger partial charge in [-0.15, -0.1) is 0 Å². The average Bonchev–Trinajstić information content (AvgIpc) is 2.66. The van der Waals surface area contributed by atoms with E-state index in [4.69, 9.17) is 5.26 Å². The molecule has 0 aliphatic carbocycles. The maximum absolute atomic E-state index is 8.72. The van der Waals surface area contributed by atoms with Crippen LogP contribution < -0.4 is 0 Å². The molecule has 3 nitrogen and oxygen atoms in total. The number of aryl methyl sites for hydroxylation is 1. The molecule has 0 fully saturated rings. The molecule has 0 atom stereocenters. The Hall–Kier alpha value is -2.08. The van der Waals surface area contributed by atoms with E-state index in [-0.39, 0.29) is 0 Å². The summed E-state index contributed by atoms with van der Waals surface area (Å²) in [4.78, 5) is 0. The van der Waals surface area contributed by atoms with Crippen molar-refractivity contribution in [2.75, 3.05) is 0 Å². The van der Waals surface area contributed by atoms with Crippen LogP contribution in [-0.4, -0.2) is 9.78 Å². The van der Waals surface area contributed by atoms with Gasteiger partial charge in [0.1, 0.15) is 0 Å². The third kappa shape index (κ3) is 1.89. The van der Waals surface area contributed by atoms with Crippen molar-refractivity contribution in [3.05, 3.63) is 47.8 Å². The summed E-state index contributed by atoms with van der Waals surface area (Å²) in [6, 6.07) is 11.9. The van der Waals surface area contributed by atoms with Crippen molar-refractivity contribution >= 4 is 0 Å². The fourth-order valence-corrected chi connectivity index (χ4v) is 1.52. The monoisotopic (exact) mass is 197 g/mol. The highest BCUT2D eigenvalue weighted by atomic mass is 15.3. The SMILES string of the molecule is Cc1ccn(-c2ccccc2CC#N)n1. The summed E-state index contributed by atoms with van der Waals surface area (Å²) in [5.41, 5.74) is 2.96. The molecule has 15 heavy (non-hydrogen) atoms. The summed E-state index contributed by atoms with van der Waals surface area (Å²) in [6.07, 6.45) is 2.32. The molecule has 2 rings (SSSR count). The van der Waals surface area contributed by atoms with Crippen molar-refractivity contribution in [1.29, 1.82) is 5.26 Å². The number of nitrogens with zero attached hydrogens (tertiary/aromatic N) is 3. The summed E-state index contributed by atoms with van der Waals surface area (Å²) in [6.45, 7) is 1.95. The average molecular weight is 197 g/mol. The fraction of sp³-hybridized carbons (Fsp3) is 0.167. The lowest BCUT2D eigenvalue weighted by Gasteiger charge is -2.05. The van der Waals surface area contributed by atoms with E-state index in [0.717, 1.165) is 16.9 Å². The van der Waals surface area contributed by atoms with Crippen molar-refractivity contribution in [1.82, 2.24) is 9.78 Å². The summed E-state index contributed by atoms with van der Waals surface area (Å²) < 4.78 is 1.81. The van der Waals surface area contributed by atoms with Crippen molar-refractivity contribution in [3.63, 3.8) is 0 Å². The van der Waals surface area contributed by atoms with Gasteiger partial charge in [-0.3, -0.25) is 0 Å². The highest BCUT2D eigenvalue weighted by Crippen LogP contribution is 2.14. The normalized spacial score (nSPS) is 9.87. The number of rotatable bonds is 2. The first-order valence-electron chi connectivity index (χ1n) is 4.79. The van der Waals surface area contributed by atoms with E-state index in [1.165, 1.54) is 0 Å². The minimum absolute atomic E-state index is 0.412. The highest BCUT2D eigenvalue weighted by Gasteiger charge is 2.03. The van der Waals surface area contributed by atoms with Crippen molar-refractivity contribution in [2.24, 2.45) is 0 Å². The van der Waals surface area contributed by atoms with Crippen LogP contribution >= 0.6 is 0 Å². The molecule has 0 bridgehead atoms. The van der Waals surface area contributed by atoms with E-state index < -0.39 is 0 Å². The van der Waals surface area contributed by atoms with Crippen LogP contribution in [0.2, 0.25) is 0 Å². The van der Waals surface area contributed by atoms with Crippen molar-refractivity contribution in [2.45, 2.75) is 13.3 Å². The van der Waals surface area contributed by atoms with Gasteiger partial charge in [0.2, 0.25) is 0 Å². The third-order valence-corrected chi connectivity index (χ3v) is 2.23. The van der Waals surface area contributed by atoms with E-state index in [0.29, 0.717) is 6.42 Å². The molecule has 0 amide bonds. The molecule has 3 heteroatoms. The number of benzene rings is 1. The maximum Gasteiger partial charge on any atom is 0.0688 e. The van der Waals surface area contributed by atoms with Gasteiger partial charge in [-0.1, -0.05) is 18.2 Å². The summed E-state index contributed by atoms with van der Waals surface area (Å²) in [5.74, 6) is 0. The van der Waals surface area contributed by atoms with E-state index in [9.17, 15) is 0 Å². The molecule has 0 aliphatic rings. The summed E-state index contributed by atoms with van der Waals surface area (Å²) >= 11 is 0. The Morgan fingerprint density at radius 1 is 1.33 bits per heavy atom. The molecule has 0 aliphatic heterocycles. The number of aromatic nitrogens is 2. The van der Waals surface area contributed by atoms with Gasteiger partial charge >= 0.3 is 0 Å². The molecular formula is C12H11N3. The van der Waals surface area contributed by atoms with Crippen LogP contribution in [0.25, 0.3) is 5.69 Å². The maximum atomic E-state index is 8.72. The van der Waals surface area contributed by atoms with Gasteiger partial charge < -0.3 is 0 Å². The van der Waals surface area contributed by atoms with Crippen LogP contribution in [0.5, 0.6) is 0 Å². The number of hydrogen-bond acceptors (Lipinski definition) is 2. The largest absolute Gasteiger partial charge is 0.240 e. The van der Waals surface area contributed by atoms with Gasteiger partial charge in [0.15, 0.2) is 0 Å². The first kappa shape index (κ1) is 9.47. The van der Waals surface area contributed by atoms with Gasteiger partial charge in [-0.25, -0.2) is 4.68 Å². The Bertz CT molecular complexity index is 506. The first-order chi connectivity index (χ1) is 7.31. The molecule has 0 saturated heterocycles. The Kier molecular flexibility index (Phi) is 2.51. The van der Waals surface area contributed by atoms with Gasteiger partial charge in [-0.2, -0.15) is 10.4 Å². The van der Waals surface area contributed by atoms with Crippen LogP contribution in [0.15, 0.2) is 36.5 Å². The zero-order valence-electron chi connectivity index (χ0n) is 8.51. The van der Waals surface area contributed by atoms with E-state index in [1.54, 1.807) is 0 Å². The van der Waals surface area contributed by atoms with Crippen LogP contribution in [0.3, 0.4) is 0 Å². The second kappa shape index (κ2) is 3.97. The zero-order valence-corrected chi connectivity index (χ0v) is 8.51. The number of para-hydroxylation sites is 1. The van der Waals surface area contributed by atoms with Gasteiger partial charge in [-0.05, 0) is 24.6 Å². The highest BCUT2D eigenvalue weighted by molar-refractivity contribution is 5.41. The minimum Gasteiger partial charge on any atom is -0.240 e. The molecular weight excluding hydrogens is 186 g/mol. The van der Waals surface area contributed by atoms with Crippen LogP contribution in [-0.2, 0) is 6.42 Å². The molecule has 74 valence electrons. The zero-order chi connectivity index (χ0) is 10.7. The molecule has 0 N–H and O–H groups in total. The number of hydrogen-bond donors (Lipinski definition) is 0. The smallest absolute Gasteiger partial charge is 0.0688 e. The Labute approximate surface area is 88.6 Å². The third-order valence-electron chi connectivity index (χ3n) is 2.23. The van der Waals surface area contributed by atoms with Gasteiger partial charge in [0, 0.05) is 6.20 Å². The van der Waals surface area contributed by atoms with Crippen LogP contribution in [0.1, 0.15) is 11.3 Å². The van der Waals surface area contributed by atoms with Gasteiger partial charge in [0.25, 0.3) is 0 Å². The standard InChI is InChI=1S/C12H11N3/c1-10-7-9-15(14-10)12-5-3-2-4-11(12)6-8-13/h2-5,7,9H,6H2,1H3. The predicted molar refractivity (Wildman–Crippen MR) is 57.6 cm³/mol. The van der Waals surface area contributed by atoms with Gasteiger partial charge in [0.05, 0.1) is 23.9 Å². The summed E-state index contributed by atoms with van der Waals surface area (Å²) in [7, 11) is 0. The van der Waals surface area contributed by atoms with Crippen molar-refractivity contribution in [3.8, 4) is 11.8 Å². The summed E-state index contributed by atoms with van der Waals surface area (Å²) in [5, 5.41) is 13.0. The molecule has 0 radical (unpaired) electrons. The number of nitriles is 1. The Balaban J connectivity index is 2.48. The Morgan fingerprint density at radius 2 is 2.13 bits per heavy atom. The van der Waals surface area contributed by atoms with E-state index in [2.05, 4.69) is 11.2 Å². The van der Waals surface area contributed by atoms with E-state index in [1.807, 2.05) is 48.1 Å². The lowest BCUT2D eigenvalue weighted by Crippen LogP contribution is -1.99. The minimum atomic E-state index is 0.412. The van der Waals surface area contributed by atoms with E-state index >= 15 is 0 Å².